The molecule has 1 N–H and O–H groups in total. The van der Waals surface area contributed by atoms with E-state index in [1.165, 1.54) is 25.7 Å². The second-order valence-corrected chi connectivity index (χ2v) is 19.5. The molecule has 1 aromatic heterocycles. The minimum atomic E-state index is -0.306. The maximum atomic E-state index is 14.1. The van der Waals surface area contributed by atoms with Crippen molar-refractivity contribution in [2.75, 3.05) is 13.1 Å². The van der Waals surface area contributed by atoms with Gasteiger partial charge in [-0.3, -0.25) is 24.2 Å². The lowest BCUT2D eigenvalue weighted by Crippen LogP contribution is -2.45. The van der Waals surface area contributed by atoms with Crippen LogP contribution in [-0.2, 0) is 25.6 Å². The van der Waals surface area contributed by atoms with Crippen LogP contribution in [0.3, 0.4) is 0 Å². The Bertz CT molecular complexity index is 2180. The Balaban J connectivity index is 0.918. The zero-order chi connectivity index (χ0) is 41.9. The van der Waals surface area contributed by atoms with Crippen LogP contribution in [0.4, 0.5) is 5.69 Å². The number of fused-ring (bicyclic) bond motifs is 2. The fourth-order valence-corrected chi connectivity index (χ4v) is 11.0. The predicted molar refractivity (Wildman–Crippen MR) is 237 cm³/mol. The zero-order valence-electron chi connectivity index (χ0n) is 36.4. The topological polar surface area (TPSA) is 116 Å². The van der Waals surface area contributed by atoms with Crippen LogP contribution in [0.15, 0.2) is 41.4 Å². The lowest BCUT2D eigenvalue weighted by atomic mass is 9.86. The molecule has 5 aliphatic rings. The van der Waals surface area contributed by atoms with Gasteiger partial charge in [0, 0.05) is 73.9 Å². The fraction of sp³-hybridized carbons (Fsp3) is 0.608. The van der Waals surface area contributed by atoms with Crippen molar-refractivity contribution in [2.45, 2.75) is 149 Å². The van der Waals surface area contributed by atoms with Crippen molar-refractivity contribution in [1.29, 1.82) is 0 Å². The number of carbonyl (C=O) groups is 4. The molecular weight excluding hydrogens is 747 g/mol. The van der Waals surface area contributed by atoms with Crippen molar-refractivity contribution in [3.05, 3.63) is 58.9 Å². The van der Waals surface area contributed by atoms with Crippen molar-refractivity contribution >= 4 is 45.8 Å². The minimum absolute atomic E-state index is 0.0295. The quantitative estimate of drug-likeness (QED) is 0.163. The van der Waals surface area contributed by atoms with E-state index >= 15 is 0 Å². The molecule has 60 heavy (non-hydrogen) atoms. The van der Waals surface area contributed by atoms with Crippen LogP contribution in [0.1, 0.15) is 159 Å². The molecule has 4 atom stereocenters. The number of aromatic nitrogens is 2. The molecule has 1 unspecified atom stereocenters. The molecule has 0 radical (unpaired) electrons. The third-order valence-electron chi connectivity index (χ3n) is 14.5. The minimum Gasteiger partial charge on any atom is -0.340 e. The number of aliphatic imine (C=N–C) groups is 1. The molecule has 318 valence electrons. The van der Waals surface area contributed by atoms with Crippen LogP contribution in [-0.4, -0.2) is 68.0 Å². The maximum absolute atomic E-state index is 14.1. The Morgan fingerprint density at radius 1 is 0.683 bits per heavy atom. The molecule has 4 heterocycles. The van der Waals surface area contributed by atoms with Crippen LogP contribution >= 0.6 is 0 Å². The highest BCUT2D eigenvalue weighted by atomic mass is 16.2. The van der Waals surface area contributed by atoms with Crippen molar-refractivity contribution in [3.63, 3.8) is 0 Å². The van der Waals surface area contributed by atoms with Crippen molar-refractivity contribution < 1.29 is 19.2 Å². The van der Waals surface area contributed by atoms with Gasteiger partial charge in [0.25, 0.3) is 0 Å². The average molecular weight is 812 g/mol. The Morgan fingerprint density at radius 3 is 1.80 bits per heavy atom. The summed E-state index contributed by atoms with van der Waals surface area (Å²) in [6, 6.07) is 12.1. The van der Waals surface area contributed by atoms with Gasteiger partial charge in [0.2, 0.25) is 11.8 Å². The number of hydrogen-bond donors (Lipinski definition) is 1. The van der Waals surface area contributed by atoms with Crippen LogP contribution in [0.25, 0.3) is 11.0 Å². The largest absolute Gasteiger partial charge is 0.340 e. The number of aromatic amines is 1. The Hall–Kier alpha value is -4.58. The van der Waals surface area contributed by atoms with Gasteiger partial charge in [0.1, 0.15) is 17.4 Å². The van der Waals surface area contributed by atoms with E-state index in [2.05, 4.69) is 62.7 Å². The third kappa shape index (κ3) is 9.48. The summed E-state index contributed by atoms with van der Waals surface area (Å²) >= 11 is 0. The van der Waals surface area contributed by atoms with Gasteiger partial charge >= 0.3 is 0 Å². The number of benzene rings is 2. The van der Waals surface area contributed by atoms with Crippen molar-refractivity contribution in [3.8, 4) is 11.8 Å². The third-order valence-corrected chi connectivity index (χ3v) is 14.5. The van der Waals surface area contributed by atoms with Gasteiger partial charge in [0.05, 0.1) is 28.8 Å². The summed E-state index contributed by atoms with van der Waals surface area (Å²) in [6.45, 7) is 9.68. The lowest BCUT2D eigenvalue weighted by Gasteiger charge is -2.30. The van der Waals surface area contributed by atoms with Gasteiger partial charge in [-0.25, -0.2) is 4.98 Å². The summed E-state index contributed by atoms with van der Waals surface area (Å²) < 4.78 is 0. The van der Waals surface area contributed by atoms with E-state index in [9.17, 15) is 19.2 Å². The van der Waals surface area contributed by atoms with Crippen molar-refractivity contribution in [2.24, 2.45) is 40.5 Å². The smallest absolute Gasteiger partial charge is 0.227 e. The highest BCUT2D eigenvalue weighted by molar-refractivity contribution is 6.01. The van der Waals surface area contributed by atoms with E-state index in [4.69, 9.17) is 9.98 Å². The molecule has 3 aromatic rings. The van der Waals surface area contributed by atoms with Gasteiger partial charge in [0.15, 0.2) is 0 Å². The fourth-order valence-electron chi connectivity index (χ4n) is 11.0. The number of Topliss-reactive ketones (excluding diaryl/α,β-unsaturated/α-hetero) is 2. The molecule has 0 bridgehead atoms. The summed E-state index contributed by atoms with van der Waals surface area (Å²) in [5, 5.41) is 0. The second kappa shape index (κ2) is 18.6. The molecule has 2 amide bonds. The summed E-state index contributed by atoms with van der Waals surface area (Å²) in [5.41, 5.74) is 6.59. The van der Waals surface area contributed by atoms with Gasteiger partial charge in [-0.2, -0.15) is 0 Å². The normalized spacial score (nSPS) is 21.8. The molecule has 2 saturated carbocycles. The van der Waals surface area contributed by atoms with Crippen LogP contribution in [0.2, 0.25) is 0 Å². The van der Waals surface area contributed by atoms with E-state index in [1.807, 2.05) is 28.0 Å². The number of imidazole rings is 1. The highest BCUT2D eigenvalue weighted by Crippen LogP contribution is 2.37. The number of likely N-dealkylation sites (tertiary alicyclic amines) is 2. The standard InChI is InChI=1S/C51H65N5O4/c1-32(2)41(30-39(57)25-34-11-5-6-12-34)50(59)55-23-9-15-47(55)46-29-38-21-19-36(27-44(38)52-46)17-18-37-20-22-43-45(28-37)54-49(53-43)48-16-10-24-56(48)51(60)42(33(3)4)31-40(58)26-35-13-7-8-14-35/h19-22,27-28,32-35,41-42,47-48H,5-16,23-26,29-31H2,1-4H3,(H,53,54)/t41-,42-,47?,48+/m0/s1. The van der Waals surface area contributed by atoms with Gasteiger partial charge in [-0.1, -0.05) is 97.0 Å². The Labute approximate surface area is 356 Å². The molecule has 0 spiro atoms. The van der Waals surface area contributed by atoms with E-state index in [0.717, 1.165) is 109 Å². The number of hydrogen-bond acceptors (Lipinski definition) is 6. The van der Waals surface area contributed by atoms with E-state index < -0.39 is 0 Å². The van der Waals surface area contributed by atoms with E-state index in [1.54, 1.807) is 0 Å². The van der Waals surface area contributed by atoms with Crippen LogP contribution < -0.4 is 0 Å². The number of nitrogens with zero attached hydrogens (tertiary/aromatic N) is 4. The molecule has 2 aromatic carbocycles. The molecule has 3 aliphatic heterocycles. The lowest BCUT2D eigenvalue weighted by molar-refractivity contribution is -0.140. The number of ketones is 2. The monoisotopic (exact) mass is 812 g/mol. The zero-order valence-corrected chi connectivity index (χ0v) is 36.4. The summed E-state index contributed by atoms with van der Waals surface area (Å²) in [7, 11) is 0. The molecule has 9 heteroatoms. The van der Waals surface area contributed by atoms with Gasteiger partial charge < -0.3 is 14.8 Å². The predicted octanol–water partition coefficient (Wildman–Crippen LogP) is 9.87. The summed E-state index contributed by atoms with van der Waals surface area (Å²) in [6.07, 6.45) is 15.7. The first-order valence-electron chi connectivity index (χ1n) is 23.4. The molecule has 2 aliphatic carbocycles. The summed E-state index contributed by atoms with van der Waals surface area (Å²) in [4.78, 5) is 71.9. The molecule has 4 fully saturated rings. The maximum Gasteiger partial charge on any atom is 0.227 e. The highest BCUT2D eigenvalue weighted by Gasteiger charge is 2.40. The SMILES string of the molecule is CC(C)[C@H](CC(=O)CC1CCCC1)C(=O)N1CCCC1C1=Nc2cc(C#Cc3ccc4nc([C@H]5CCCN5C(=O)[C@@H](CC(=O)CC5CCCC5)C(C)C)[nH]c4c3)ccc2C1. The van der Waals surface area contributed by atoms with E-state index in [0.29, 0.717) is 44.1 Å². The number of nitrogens with one attached hydrogen (secondary N) is 1. The molecule has 9 nitrogen and oxygen atoms in total. The molecule has 2 saturated heterocycles. The first-order valence-corrected chi connectivity index (χ1v) is 23.4. The number of amides is 2. The average Bonchev–Trinajstić information content (AvgIpc) is 4.08. The second-order valence-electron chi connectivity index (χ2n) is 19.5. The molecule has 8 rings (SSSR count). The van der Waals surface area contributed by atoms with Crippen LogP contribution in [0, 0.1) is 47.3 Å². The Morgan fingerprint density at radius 2 is 1.22 bits per heavy atom. The van der Waals surface area contributed by atoms with Gasteiger partial charge in [-0.05, 0) is 85.3 Å². The number of rotatable bonds is 14. The number of carbonyl (C=O) groups excluding carboxylic acids is 4. The van der Waals surface area contributed by atoms with E-state index in [-0.39, 0.29) is 59.1 Å². The first-order chi connectivity index (χ1) is 29.0. The van der Waals surface area contributed by atoms with Crippen molar-refractivity contribution in [1.82, 2.24) is 19.8 Å². The Kier molecular flexibility index (Phi) is 13.0. The molecular formula is C51H65N5O4. The first kappa shape index (κ1) is 42.1. The summed E-state index contributed by atoms with van der Waals surface area (Å²) in [5.74, 6) is 8.78. The van der Waals surface area contributed by atoms with Crippen LogP contribution in [0.5, 0.6) is 0 Å². The number of H-pyrrole nitrogens is 1. The van der Waals surface area contributed by atoms with Gasteiger partial charge in [-0.15, -0.1) is 0 Å².